The fraction of sp³-hybridized carbons (Fsp3) is 0.714. The number of ether oxygens (including phenoxy) is 1. The standard InChI is InChI=1S/C28H41F3O/c1-2-3-4-7-21-10-12-22(13-11-21)8-5-6-9-23-14-16-24(17-15-23)25-18-19-27(26(29)20-25)32-28(30)31/h6,9,18-24,28H,2-5,7-8,10-17H2,1H3/b9-6+. The van der Waals surface area contributed by atoms with E-state index in [0.29, 0.717) is 11.8 Å². The Labute approximate surface area is 192 Å². The monoisotopic (exact) mass is 450 g/mol. The van der Waals surface area contributed by atoms with Crippen LogP contribution in [0, 0.1) is 23.6 Å². The molecule has 2 aliphatic carbocycles. The summed E-state index contributed by atoms with van der Waals surface area (Å²) in [6.07, 6.45) is 22.9. The number of hydrogen-bond acceptors (Lipinski definition) is 1. The van der Waals surface area contributed by atoms with Gasteiger partial charge in [0.05, 0.1) is 0 Å². The molecule has 0 amide bonds. The molecule has 180 valence electrons. The van der Waals surface area contributed by atoms with Gasteiger partial charge in [-0.2, -0.15) is 8.78 Å². The number of hydrogen-bond donors (Lipinski definition) is 0. The lowest BCUT2D eigenvalue weighted by atomic mass is 9.77. The summed E-state index contributed by atoms with van der Waals surface area (Å²) >= 11 is 0. The summed E-state index contributed by atoms with van der Waals surface area (Å²) in [7, 11) is 0. The molecule has 1 aromatic carbocycles. The maximum absolute atomic E-state index is 14.0. The smallest absolute Gasteiger partial charge is 0.387 e. The Kier molecular flexibility index (Phi) is 10.5. The predicted octanol–water partition coefficient (Wildman–Crippen LogP) is 9.42. The third-order valence-electron chi connectivity index (χ3n) is 7.75. The SMILES string of the molecule is CCCCCC1CCC(CC/C=C/C2CCC(c3ccc(OC(F)F)c(F)c3)CC2)CC1. The van der Waals surface area contributed by atoms with Crippen molar-refractivity contribution in [3.63, 3.8) is 0 Å². The predicted molar refractivity (Wildman–Crippen MR) is 126 cm³/mol. The molecule has 0 spiro atoms. The first-order chi connectivity index (χ1) is 15.5. The number of rotatable bonds is 11. The van der Waals surface area contributed by atoms with Crippen LogP contribution in [0.5, 0.6) is 5.75 Å². The van der Waals surface area contributed by atoms with Crippen LogP contribution in [0.2, 0.25) is 0 Å². The maximum Gasteiger partial charge on any atom is 0.387 e. The summed E-state index contributed by atoms with van der Waals surface area (Å²) in [5, 5.41) is 0. The fourth-order valence-electron chi connectivity index (χ4n) is 5.72. The van der Waals surface area contributed by atoms with Gasteiger partial charge in [0.2, 0.25) is 0 Å². The molecule has 4 heteroatoms. The molecule has 0 heterocycles. The molecule has 2 aliphatic rings. The number of benzene rings is 1. The second-order valence-corrected chi connectivity index (χ2v) is 10.1. The van der Waals surface area contributed by atoms with E-state index in [1.54, 1.807) is 6.07 Å². The normalized spacial score (nSPS) is 26.7. The molecule has 0 radical (unpaired) electrons. The third-order valence-corrected chi connectivity index (χ3v) is 7.75. The van der Waals surface area contributed by atoms with Gasteiger partial charge < -0.3 is 4.74 Å². The molecule has 0 bridgehead atoms. The van der Waals surface area contributed by atoms with E-state index in [1.165, 1.54) is 76.3 Å². The lowest BCUT2D eigenvalue weighted by Gasteiger charge is -2.28. The summed E-state index contributed by atoms with van der Waals surface area (Å²) in [6.45, 7) is -0.713. The van der Waals surface area contributed by atoms with Crippen molar-refractivity contribution in [1.82, 2.24) is 0 Å². The van der Waals surface area contributed by atoms with E-state index < -0.39 is 12.4 Å². The Morgan fingerprint density at radius 1 is 0.938 bits per heavy atom. The fourth-order valence-corrected chi connectivity index (χ4v) is 5.72. The van der Waals surface area contributed by atoms with Crippen molar-refractivity contribution < 1.29 is 17.9 Å². The van der Waals surface area contributed by atoms with Crippen molar-refractivity contribution in [3.8, 4) is 5.75 Å². The Hall–Kier alpha value is -1.45. The van der Waals surface area contributed by atoms with Gasteiger partial charge in [0.1, 0.15) is 0 Å². The molecule has 0 unspecified atom stereocenters. The quantitative estimate of drug-likeness (QED) is 0.241. The zero-order valence-corrected chi connectivity index (χ0v) is 19.7. The van der Waals surface area contributed by atoms with Crippen LogP contribution in [-0.4, -0.2) is 6.61 Å². The topological polar surface area (TPSA) is 9.23 Å². The average Bonchev–Trinajstić information content (AvgIpc) is 2.79. The minimum absolute atomic E-state index is 0.308. The van der Waals surface area contributed by atoms with Crippen molar-refractivity contribution in [2.45, 2.75) is 109 Å². The van der Waals surface area contributed by atoms with E-state index in [4.69, 9.17) is 0 Å². The van der Waals surface area contributed by atoms with Crippen LogP contribution in [0.1, 0.15) is 108 Å². The van der Waals surface area contributed by atoms with E-state index >= 15 is 0 Å². The first-order valence-corrected chi connectivity index (χ1v) is 13.0. The summed E-state index contributed by atoms with van der Waals surface area (Å²) in [4.78, 5) is 0. The summed E-state index contributed by atoms with van der Waals surface area (Å²) in [5.41, 5.74) is 0.900. The van der Waals surface area contributed by atoms with E-state index in [2.05, 4.69) is 23.8 Å². The van der Waals surface area contributed by atoms with Crippen molar-refractivity contribution >= 4 is 0 Å². The van der Waals surface area contributed by atoms with Gasteiger partial charge in [-0.15, -0.1) is 0 Å². The summed E-state index contributed by atoms with van der Waals surface area (Å²) < 4.78 is 42.8. The molecule has 0 saturated heterocycles. The van der Waals surface area contributed by atoms with Gasteiger partial charge in [0.25, 0.3) is 0 Å². The molecule has 2 saturated carbocycles. The first-order valence-electron chi connectivity index (χ1n) is 13.0. The van der Waals surface area contributed by atoms with E-state index in [9.17, 15) is 13.2 Å². The molecule has 3 rings (SSSR count). The van der Waals surface area contributed by atoms with E-state index in [-0.39, 0.29) is 5.75 Å². The molecule has 1 nitrogen and oxygen atoms in total. The van der Waals surface area contributed by atoms with Gasteiger partial charge in [0.15, 0.2) is 11.6 Å². The molecule has 0 N–H and O–H groups in total. The summed E-state index contributed by atoms with van der Waals surface area (Å²) in [5.74, 6) is 1.77. The third kappa shape index (κ3) is 8.15. The minimum atomic E-state index is -3.00. The molecule has 32 heavy (non-hydrogen) atoms. The Morgan fingerprint density at radius 3 is 2.25 bits per heavy atom. The largest absolute Gasteiger partial charge is 0.432 e. The second-order valence-electron chi connectivity index (χ2n) is 10.1. The Morgan fingerprint density at radius 2 is 1.62 bits per heavy atom. The number of unbranched alkanes of at least 4 members (excludes halogenated alkanes) is 2. The number of allylic oxidation sites excluding steroid dienone is 2. The number of halogens is 3. The molecule has 2 fully saturated rings. The van der Waals surface area contributed by atoms with Crippen LogP contribution >= 0.6 is 0 Å². The maximum atomic E-state index is 14.0. The highest BCUT2D eigenvalue weighted by Gasteiger charge is 2.23. The molecular formula is C28H41F3O. The highest BCUT2D eigenvalue weighted by Crippen LogP contribution is 2.38. The van der Waals surface area contributed by atoms with Crippen LogP contribution < -0.4 is 4.74 Å². The van der Waals surface area contributed by atoms with Crippen molar-refractivity contribution in [1.29, 1.82) is 0 Å². The van der Waals surface area contributed by atoms with Gasteiger partial charge in [-0.05, 0) is 79.9 Å². The highest BCUT2D eigenvalue weighted by atomic mass is 19.3. The van der Waals surface area contributed by atoms with Gasteiger partial charge in [-0.1, -0.05) is 76.5 Å². The highest BCUT2D eigenvalue weighted by molar-refractivity contribution is 5.31. The van der Waals surface area contributed by atoms with E-state index in [0.717, 1.165) is 43.1 Å². The molecular weight excluding hydrogens is 409 g/mol. The summed E-state index contributed by atoms with van der Waals surface area (Å²) in [6, 6.07) is 4.44. The number of alkyl halides is 2. The second kappa shape index (κ2) is 13.3. The van der Waals surface area contributed by atoms with Gasteiger partial charge in [-0.3, -0.25) is 0 Å². The van der Waals surface area contributed by atoms with Gasteiger partial charge >= 0.3 is 6.61 Å². The van der Waals surface area contributed by atoms with Crippen LogP contribution in [0.3, 0.4) is 0 Å². The Balaban J connectivity index is 1.32. The molecule has 0 atom stereocenters. The molecule has 0 aromatic heterocycles. The van der Waals surface area contributed by atoms with Gasteiger partial charge in [0, 0.05) is 0 Å². The van der Waals surface area contributed by atoms with Crippen LogP contribution in [0.15, 0.2) is 30.4 Å². The van der Waals surface area contributed by atoms with Crippen molar-refractivity contribution in [2.75, 3.05) is 0 Å². The lowest BCUT2D eigenvalue weighted by Crippen LogP contribution is -2.14. The van der Waals surface area contributed by atoms with Crippen LogP contribution in [0.4, 0.5) is 13.2 Å². The van der Waals surface area contributed by atoms with Crippen LogP contribution in [-0.2, 0) is 0 Å². The molecule has 1 aromatic rings. The van der Waals surface area contributed by atoms with Crippen LogP contribution in [0.25, 0.3) is 0 Å². The lowest BCUT2D eigenvalue weighted by molar-refractivity contribution is -0.0522. The van der Waals surface area contributed by atoms with E-state index in [1.807, 2.05) is 0 Å². The molecule has 0 aliphatic heterocycles. The minimum Gasteiger partial charge on any atom is -0.432 e. The zero-order chi connectivity index (χ0) is 22.8. The van der Waals surface area contributed by atoms with Gasteiger partial charge in [-0.25, -0.2) is 4.39 Å². The zero-order valence-electron chi connectivity index (χ0n) is 19.7. The first kappa shape index (κ1) is 25.2. The van der Waals surface area contributed by atoms with Crippen molar-refractivity contribution in [3.05, 3.63) is 41.7 Å². The van der Waals surface area contributed by atoms with Crippen molar-refractivity contribution in [2.24, 2.45) is 17.8 Å². The Bertz CT molecular complexity index is 686. The average molecular weight is 451 g/mol.